The first-order valence-corrected chi connectivity index (χ1v) is 7.95. The van der Waals surface area contributed by atoms with Gasteiger partial charge in [0.2, 0.25) is 5.91 Å². The van der Waals surface area contributed by atoms with Crippen molar-refractivity contribution >= 4 is 5.91 Å². The van der Waals surface area contributed by atoms with E-state index in [0.717, 1.165) is 26.2 Å². The van der Waals surface area contributed by atoms with Gasteiger partial charge in [-0.25, -0.2) is 0 Å². The molecule has 0 radical (unpaired) electrons. The number of hydrogen-bond acceptors (Lipinski definition) is 4. The van der Waals surface area contributed by atoms with Crippen LogP contribution in [0.3, 0.4) is 0 Å². The molecule has 0 N–H and O–H groups in total. The first kappa shape index (κ1) is 16.6. The number of hydrogen-bond donors (Lipinski definition) is 0. The molecule has 0 bridgehead atoms. The Kier molecular flexibility index (Phi) is 5.66. The molecule has 122 valence electrons. The first-order valence-electron chi connectivity index (χ1n) is 7.95. The number of carbonyl (C=O) groups is 1. The molecular formula is C17H27N3O2. The highest BCUT2D eigenvalue weighted by molar-refractivity contribution is 5.87. The van der Waals surface area contributed by atoms with E-state index in [1.165, 1.54) is 5.70 Å². The van der Waals surface area contributed by atoms with Gasteiger partial charge in [-0.15, -0.1) is 0 Å². The van der Waals surface area contributed by atoms with Crippen LogP contribution in [0.2, 0.25) is 0 Å². The number of rotatable bonds is 4. The highest BCUT2D eigenvalue weighted by Gasteiger charge is 2.26. The van der Waals surface area contributed by atoms with Crippen LogP contribution in [0.1, 0.15) is 20.8 Å². The molecule has 0 spiro atoms. The number of piperazine rings is 1. The maximum atomic E-state index is 12.1. The van der Waals surface area contributed by atoms with Gasteiger partial charge in [-0.2, -0.15) is 0 Å². The van der Waals surface area contributed by atoms with Crippen molar-refractivity contribution in [2.75, 3.05) is 33.3 Å². The fourth-order valence-electron chi connectivity index (χ4n) is 2.78. The van der Waals surface area contributed by atoms with E-state index in [1.807, 2.05) is 28.3 Å². The summed E-state index contributed by atoms with van der Waals surface area (Å²) in [5, 5.41) is 1.85. The van der Waals surface area contributed by atoms with E-state index in [1.54, 1.807) is 13.2 Å². The van der Waals surface area contributed by atoms with Crippen molar-refractivity contribution in [3.05, 3.63) is 36.2 Å². The van der Waals surface area contributed by atoms with Gasteiger partial charge in [-0.05, 0) is 31.1 Å². The molecule has 0 aliphatic carbocycles. The third kappa shape index (κ3) is 3.91. The molecule has 2 heterocycles. The van der Waals surface area contributed by atoms with Gasteiger partial charge < -0.3 is 9.80 Å². The third-order valence-corrected chi connectivity index (χ3v) is 4.10. The Hall–Kier alpha value is -1.75. The maximum Gasteiger partial charge on any atom is 0.246 e. The summed E-state index contributed by atoms with van der Waals surface area (Å²) in [4.78, 5) is 21.7. The monoisotopic (exact) mass is 305 g/mol. The van der Waals surface area contributed by atoms with Gasteiger partial charge in [0, 0.05) is 38.1 Å². The molecule has 1 unspecified atom stereocenters. The van der Waals surface area contributed by atoms with Crippen LogP contribution in [0.5, 0.6) is 0 Å². The standard InChI is InChI=1S/C17H27N3O2/c1-14(2)7-8-17(21)19-12-10-18(11-13-19)16-6-5-9-20(22-4)15(16)3/h5-9,14-15H,10-13H2,1-4H3/b8-7+. The molecule has 2 aliphatic rings. The average Bonchev–Trinajstić information content (AvgIpc) is 2.53. The SMILES string of the molecule is CON1C=CC=C(N2CCN(C(=O)/C=C/C(C)C)CC2)C1C. The average molecular weight is 305 g/mol. The van der Waals surface area contributed by atoms with Crippen LogP contribution in [0.25, 0.3) is 0 Å². The molecule has 2 aliphatic heterocycles. The predicted octanol–water partition coefficient (Wildman–Crippen LogP) is 2.01. The van der Waals surface area contributed by atoms with E-state index in [0.29, 0.717) is 5.92 Å². The number of nitrogens with zero attached hydrogens (tertiary/aromatic N) is 3. The van der Waals surface area contributed by atoms with Crippen molar-refractivity contribution in [1.29, 1.82) is 0 Å². The summed E-state index contributed by atoms with van der Waals surface area (Å²) in [6, 6.07) is 0.193. The zero-order chi connectivity index (χ0) is 16.1. The summed E-state index contributed by atoms with van der Waals surface area (Å²) in [7, 11) is 1.68. The molecule has 1 saturated heterocycles. The normalized spacial score (nSPS) is 22.7. The summed E-state index contributed by atoms with van der Waals surface area (Å²) < 4.78 is 0. The second-order valence-corrected chi connectivity index (χ2v) is 6.07. The molecule has 0 aromatic carbocycles. The topological polar surface area (TPSA) is 36.0 Å². The van der Waals surface area contributed by atoms with Gasteiger partial charge in [0.05, 0.1) is 13.2 Å². The Balaban J connectivity index is 1.91. The number of allylic oxidation sites excluding steroid dienone is 3. The van der Waals surface area contributed by atoms with E-state index in [9.17, 15) is 4.79 Å². The Bertz CT molecular complexity index is 474. The van der Waals surface area contributed by atoms with E-state index in [2.05, 4.69) is 31.7 Å². The highest BCUT2D eigenvalue weighted by atomic mass is 16.7. The van der Waals surface area contributed by atoms with Crippen LogP contribution in [0, 0.1) is 5.92 Å². The van der Waals surface area contributed by atoms with Crippen LogP contribution < -0.4 is 0 Å². The van der Waals surface area contributed by atoms with Crippen molar-refractivity contribution in [3.8, 4) is 0 Å². The Morgan fingerprint density at radius 2 is 2.00 bits per heavy atom. The lowest BCUT2D eigenvalue weighted by Gasteiger charge is -2.41. The molecule has 2 rings (SSSR count). The van der Waals surface area contributed by atoms with E-state index in [-0.39, 0.29) is 11.9 Å². The van der Waals surface area contributed by atoms with Crippen molar-refractivity contribution in [1.82, 2.24) is 14.9 Å². The molecule has 1 atom stereocenters. The van der Waals surface area contributed by atoms with E-state index in [4.69, 9.17) is 4.84 Å². The van der Waals surface area contributed by atoms with Gasteiger partial charge in [-0.1, -0.05) is 19.9 Å². The minimum Gasteiger partial charge on any atom is -0.370 e. The zero-order valence-electron chi connectivity index (χ0n) is 14.0. The van der Waals surface area contributed by atoms with E-state index < -0.39 is 0 Å². The van der Waals surface area contributed by atoms with Crippen LogP contribution in [-0.4, -0.2) is 60.1 Å². The molecular weight excluding hydrogens is 278 g/mol. The molecule has 1 fully saturated rings. The van der Waals surface area contributed by atoms with Crippen molar-refractivity contribution < 1.29 is 9.63 Å². The molecule has 0 aromatic rings. The molecule has 0 saturated carbocycles. The Labute approximate surface area is 133 Å². The zero-order valence-corrected chi connectivity index (χ0v) is 14.0. The summed E-state index contributed by atoms with van der Waals surface area (Å²) in [6.07, 6.45) is 9.74. The minimum absolute atomic E-state index is 0.123. The lowest BCUT2D eigenvalue weighted by Crippen LogP contribution is -2.50. The number of amides is 1. The summed E-state index contributed by atoms with van der Waals surface area (Å²) >= 11 is 0. The Morgan fingerprint density at radius 1 is 1.32 bits per heavy atom. The van der Waals surface area contributed by atoms with Crippen molar-refractivity contribution in [2.45, 2.75) is 26.8 Å². The Morgan fingerprint density at radius 3 is 2.59 bits per heavy atom. The third-order valence-electron chi connectivity index (χ3n) is 4.10. The highest BCUT2D eigenvalue weighted by Crippen LogP contribution is 2.21. The summed E-state index contributed by atoms with van der Waals surface area (Å²) in [5.41, 5.74) is 1.24. The number of carbonyl (C=O) groups excluding carboxylic acids is 1. The molecule has 0 aromatic heterocycles. The second kappa shape index (κ2) is 7.49. The largest absolute Gasteiger partial charge is 0.370 e. The lowest BCUT2D eigenvalue weighted by molar-refractivity contribution is -0.128. The second-order valence-electron chi connectivity index (χ2n) is 6.07. The van der Waals surface area contributed by atoms with Crippen LogP contribution in [-0.2, 0) is 9.63 Å². The first-order chi connectivity index (χ1) is 10.5. The van der Waals surface area contributed by atoms with Crippen molar-refractivity contribution in [2.24, 2.45) is 5.92 Å². The summed E-state index contributed by atoms with van der Waals surface area (Å²) in [6.45, 7) is 9.54. The smallest absolute Gasteiger partial charge is 0.246 e. The molecule has 22 heavy (non-hydrogen) atoms. The minimum atomic E-state index is 0.123. The van der Waals surface area contributed by atoms with Gasteiger partial charge in [-0.3, -0.25) is 14.7 Å². The molecule has 5 nitrogen and oxygen atoms in total. The predicted molar refractivity (Wildman–Crippen MR) is 87.7 cm³/mol. The van der Waals surface area contributed by atoms with Crippen LogP contribution in [0.15, 0.2) is 36.2 Å². The van der Waals surface area contributed by atoms with Crippen LogP contribution >= 0.6 is 0 Å². The van der Waals surface area contributed by atoms with Crippen molar-refractivity contribution in [3.63, 3.8) is 0 Å². The van der Waals surface area contributed by atoms with Crippen LogP contribution in [0.4, 0.5) is 0 Å². The lowest BCUT2D eigenvalue weighted by atomic mass is 10.1. The van der Waals surface area contributed by atoms with Gasteiger partial charge in [0.15, 0.2) is 0 Å². The van der Waals surface area contributed by atoms with Gasteiger partial charge in [0.25, 0.3) is 0 Å². The quantitative estimate of drug-likeness (QED) is 0.744. The fourth-order valence-corrected chi connectivity index (χ4v) is 2.78. The van der Waals surface area contributed by atoms with E-state index >= 15 is 0 Å². The fraction of sp³-hybridized carbons (Fsp3) is 0.588. The van der Waals surface area contributed by atoms with Gasteiger partial charge in [0.1, 0.15) is 0 Å². The maximum absolute atomic E-state index is 12.1. The number of hydroxylamine groups is 2. The van der Waals surface area contributed by atoms with Gasteiger partial charge >= 0.3 is 0 Å². The molecule has 1 amide bonds. The summed E-state index contributed by atoms with van der Waals surface area (Å²) in [5.74, 6) is 0.530. The molecule has 5 heteroatoms.